The van der Waals surface area contributed by atoms with Gasteiger partial charge in [-0.3, -0.25) is 4.79 Å². The average molecular weight is 274 g/mol. The maximum Gasteiger partial charge on any atom is 0.258 e. The summed E-state index contributed by atoms with van der Waals surface area (Å²) in [6, 6.07) is 1.57. The van der Waals surface area contributed by atoms with E-state index in [0.717, 1.165) is 0 Å². The zero-order valence-corrected chi connectivity index (χ0v) is 9.46. The summed E-state index contributed by atoms with van der Waals surface area (Å²) < 4.78 is 18.3. The summed E-state index contributed by atoms with van der Waals surface area (Å²) >= 11 is 3.13. The van der Waals surface area contributed by atoms with Crippen LogP contribution in [-0.2, 0) is 0 Å². The number of nitrogens with zero attached hydrogens (tertiary/aromatic N) is 1. The molecule has 1 aromatic heterocycles. The van der Waals surface area contributed by atoms with Crippen molar-refractivity contribution in [2.75, 3.05) is 13.1 Å². The molecule has 1 aliphatic heterocycles. The third kappa shape index (κ3) is 2.12. The van der Waals surface area contributed by atoms with Gasteiger partial charge in [0.1, 0.15) is 5.83 Å². The van der Waals surface area contributed by atoms with E-state index in [-0.39, 0.29) is 18.3 Å². The highest BCUT2D eigenvalue weighted by atomic mass is 79.9. The second-order valence-corrected chi connectivity index (χ2v) is 3.99. The van der Waals surface area contributed by atoms with E-state index in [4.69, 9.17) is 4.42 Å². The fraction of sp³-hybridized carbons (Fsp3) is 0.300. The first-order valence-corrected chi connectivity index (χ1v) is 5.34. The molecule has 0 unspecified atom stereocenters. The molecule has 1 amide bonds. The number of furan rings is 1. The van der Waals surface area contributed by atoms with Crippen LogP contribution in [-0.4, -0.2) is 23.9 Å². The zero-order valence-electron chi connectivity index (χ0n) is 7.87. The molecule has 1 aromatic rings. The van der Waals surface area contributed by atoms with E-state index in [1.54, 1.807) is 6.07 Å². The molecule has 0 saturated heterocycles. The van der Waals surface area contributed by atoms with Crippen LogP contribution in [0.15, 0.2) is 33.3 Å². The van der Waals surface area contributed by atoms with Gasteiger partial charge < -0.3 is 9.32 Å². The molecule has 3 nitrogen and oxygen atoms in total. The van der Waals surface area contributed by atoms with Gasteiger partial charge in [-0.2, -0.15) is 0 Å². The largest absolute Gasteiger partial charge is 0.457 e. The minimum atomic E-state index is -0.255. The third-order valence-corrected chi connectivity index (χ3v) is 2.86. The summed E-state index contributed by atoms with van der Waals surface area (Å²) in [5, 5.41) is 0. The van der Waals surface area contributed by atoms with Crippen LogP contribution in [0.4, 0.5) is 4.39 Å². The number of hydrogen-bond acceptors (Lipinski definition) is 2. The second kappa shape index (κ2) is 4.18. The summed E-state index contributed by atoms with van der Waals surface area (Å²) in [6.07, 6.45) is 3.49. The normalized spacial score (nSPS) is 16.4. The molecule has 0 N–H and O–H groups in total. The van der Waals surface area contributed by atoms with Crippen molar-refractivity contribution in [2.45, 2.75) is 6.42 Å². The van der Waals surface area contributed by atoms with Crippen LogP contribution in [0.1, 0.15) is 16.8 Å². The van der Waals surface area contributed by atoms with Gasteiger partial charge >= 0.3 is 0 Å². The highest BCUT2D eigenvalue weighted by Crippen LogP contribution is 2.21. The topological polar surface area (TPSA) is 33.5 Å². The Morgan fingerprint density at radius 1 is 1.60 bits per heavy atom. The Morgan fingerprint density at radius 2 is 2.40 bits per heavy atom. The predicted octanol–water partition coefficient (Wildman–Crippen LogP) is 2.74. The quantitative estimate of drug-likeness (QED) is 0.789. The summed E-state index contributed by atoms with van der Waals surface area (Å²) in [5.41, 5.74) is 0.435. The van der Waals surface area contributed by atoms with Crippen LogP contribution in [0.25, 0.3) is 0 Å². The lowest BCUT2D eigenvalue weighted by atomic mass is 10.2. The smallest absolute Gasteiger partial charge is 0.258 e. The van der Waals surface area contributed by atoms with Crippen molar-refractivity contribution in [3.05, 3.63) is 34.5 Å². The summed E-state index contributed by atoms with van der Waals surface area (Å²) in [7, 11) is 0. The molecule has 80 valence electrons. The predicted molar refractivity (Wildman–Crippen MR) is 56.1 cm³/mol. The van der Waals surface area contributed by atoms with Crippen molar-refractivity contribution in [3.63, 3.8) is 0 Å². The molecule has 1 aliphatic rings. The molecule has 0 spiro atoms. The maximum absolute atomic E-state index is 13.0. The fourth-order valence-electron chi connectivity index (χ4n) is 1.49. The Labute approximate surface area is 94.7 Å². The molecule has 15 heavy (non-hydrogen) atoms. The summed E-state index contributed by atoms with van der Waals surface area (Å²) in [4.78, 5) is 13.3. The van der Waals surface area contributed by atoms with Crippen LogP contribution in [0.3, 0.4) is 0 Å². The molecule has 0 bridgehead atoms. The lowest BCUT2D eigenvalue weighted by Gasteiger charge is -2.23. The Bertz CT molecular complexity index is 413. The average Bonchev–Trinajstić information content (AvgIpc) is 2.63. The molecule has 0 fully saturated rings. The van der Waals surface area contributed by atoms with Gasteiger partial charge in [0, 0.05) is 6.54 Å². The van der Waals surface area contributed by atoms with Gasteiger partial charge in [-0.15, -0.1) is 0 Å². The van der Waals surface area contributed by atoms with E-state index < -0.39 is 0 Å². The van der Waals surface area contributed by atoms with Gasteiger partial charge in [0.15, 0.2) is 4.67 Å². The number of halogens is 2. The molecule has 2 rings (SSSR count). The van der Waals surface area contributed by atoms with E-state index in [1.165, 1.54) is 17.2 Å². The van der Waals surface area contributed by atoms with Gasteiger partial charge in [0.25, 0.3) is 5.91 Å². The standard InChI is InChI=1S/C10H9BrFNO2/c11-9-8(3-5-15-9)10(14)13-4-1-2-7(12)6-13/h2-3,5H,1,4,6H2. The molecule has 5 heteroatoms. The third-order valence-electron chi connectivity index (χ3n) is 2.24. The molecule has 0 aliphatic carbocycles. The van der Waals surface area contributed by atoms with Crippen molar-refractivity contribution < 1.29 is 13.6 Å². The Balaban J connectivity index is 2.16. The van der Waals surface area contributed by atoms with E-state index in [2.05, 4.69) is 15.9 Å². The van der Waals surface area contributed by atoms with Crippen LogP contribution < -0.4 is 0 Å². The highest BCUT2D eigenvalue weighted by Gasteiger charge is 2.22. The summed E-state index contributed by atoms with van der Waals surface area (Å²) in [5.74, 6) is -0.465. The van der Waals surface area contributed by atoms with E-state index in [0.29, 0.717) is 23.2 Å². The monoisotopic (exact) mass is 273 g/mol. The van der Waals surface area contributed by atoms with Crippen LogP contribution in [0, 0.1) is 0 Å². The number of hydrogen-bond donors (Lipinski definition) is 0. The van der Waals surface area contributed by atoms with E-state index >= 15 is 0 Å². The summed E-state index contributed by atoms with van der Waals surface area (Å²) in [6.45, 7) is 0.598. The first kappa shape index (κ1) is 10.4. The van der Waals surface area contributed by atoms with Crippen LogP contribution >= 0.6 is 15.9 Å². The molecular formula is C10H9BrFNO2. The molecule has 0 aromatic carbocycles. The number of carbonyl (C=O) groups excluding carboxylic acids is 1. The molecule has 0 radical (unpaired) electrons. The highest BCUT2D eigenvalue weighted by molar-refractivity contribution is 9.10. The minimum Gasteiger partial charge on any atom is -0.457 e. The van der Waals surface area contributed by atoms with Gasteiger partial charge in [0.05, 0.1) is 18.4 Å². The van der Waals surface area contributed by atoms with Crippen molar-refractivity contribution in [1.82, 2.24) is 4.90 Å². The zero-order chi connectivity index (χ0) is 10.8. The minimum absolute atomic E-state index is 0.0520. The SMILES string of the molecule is O=C(c1ccoc1Br)N1CCC=C(F)C1. The molecule has 2 heterocycles. The number of rotatable bonds is 1. The van der Waals surface area contributed by atoms with E-state index in [9.17, 15) is 9.18 Å². The Hall–Kier alpha value is -1.10. The van der Waals surface area contributed by atoms with Gasteiger partial charge in [-0.1, -0.05) is 0 Å². The lowest BCUT2D eigenvalue weighted by Crippen LogP contribution is -2.35. The lowest BCUT2D eigenvalue weighted by molar-refractivity contribution is 0.0753. The van der Waals surface area contributed by atoms with Crippen LogP contribution in [0.2, 0.25) is 0 Å². The van der Waals surface area contributed by atoms with Crippen molar-refractivity contribution in [3.8, 4) is 0 Å². The first-order valence-electron chi connectivity index (χ1n) is 4.55. The number of carbonyl (C=O) groups is 1. The number of amides is 1. The van der Waals surface area contributed by atoms with Crippen molar-refractivity contribution >= 4 is 21.8 Å². The first-order chi connectivity index (χ1) is 7.18. The van der Waals surface area contributed by atoms with Crippen molar-refractivity contribution in [1.29, 1.82) is 0 Å². The van der Waals surface area contributed by atoms with Gasteiger partial charge in [0.2, 0.25) is 0 Å². The maximum atomic E-state index is 13.0. The Morgan fingerprint density at radius 3 is 3.00 bits per heavy atom. The molecule has 0 saturated carbocycles. The van der Waals surface area contributed by atoms with Gasteiger partial charge in [-0.05, 0) is 34.5 Å². The fourth-order valence-corrected chi connectivity index (χ4v) is 1.90. The van der Waals surface area contributed by atoms with E-state index in [1.807, 2.05) is 0 Å². The van der Waals surface area contributed by atoms with Crippen molar-refractivity contribution in [2.24, 2.45) is 0 Å². The molecule has 0 atom stereocenters. The van der Waals surface area contributed by atoms with Crippen LogP contribution in [0.5, 0.6) is 0 Å². The molecular weight excluding hydrogens is 265 g/mol. The van der Waals surface area contributed by atoms with Gasteiger partial charge in [-0.25, -0.2) is 4.39 Å². The Kier molecular flexibility index (Phi) is 2.90. The second-order valence-electron chi connectivity index (χ2n) is 3.27.